The molecule has 1 aliphatic rings. The van der Waals surface area contributed by atoms with Crippen LogP contribution in [0.3, 0.4) is 0 Å². The van der Waals surface area contributed by atoms with Crippen molar-refractivity contribution in [1.82, 2.24) is 4.31 Å². The van der Waals surface area contributed by atoms with E-state index >= 15 is 8.42 Å². The summed E-state index contributed by atoms with van der Waals surface area (Å²) in [6, 6.07) is 13.4. The van der Waals surface area contributed by atoms with E-state index in [4.69, 9.17) is 18.9 Å². The molecule has 1 heterocycles. The van der Waals surface area contributed by atoms with Crippen LogP contribution < -0.4 is 4.90 Å². The Labute approximate surface area is 282 Å². The van der Waals surface area contributed by atoms with Crippen LogP contribution in [0.15, 0.2) is 71.6 Å². The van der Waals surface area contributed by atoms with Gasteiger partial charge in [0, 0.05) is 37.8 Å². The van der Waals surface area contributed by atoms with Crippen LogP contribution in [-0.2, 0) is 48.1 Å². The van der Waals surface area contributed by atoms with Gasteiger partial charge in [-0.15, -0.1) is 0 Å². The molecule has 3 aromatic carbocycles. The molecule has 15 nitrogen and oxygen atoms in total. The van der Waals surface area contributed by atoms with E-state index in [1.54, 1.807) is 32.0 Å². The summed E-state index contributed by atoms with van der Waals surface area (Å²) in [6.45, 7) is 1.72. The summed E-state index contributed by atoms with van der Waals surface area (Å²) in [6.07, 6.45) is 0. The fourth-order valence-corrected chi connectivity index (χ4v) is 8.03. The van der Waals surface area contributed by atoms with Crippen molar-refractivity contribution in [2.45, 2.75) is 29.3 Å². The number of carbonyl (C=O) groups excluding carboxylic acids is 4. The van der Waals surface area contributed by atoms with Crippen LogP contribution >= 0.6 is 0 Å². The number of rotatable bonds is 10. The summed E-state index contributed by atoms with van der Waals surface area (Å²) in [5, 5.41) is 11.6. The Balaban J connectivity index is 2.35. The number of methoxy groups -OCH3 is 4. The molecule has 0 fully saturated rings. The lowest BCUT2D eigenvalue weighted by atomic mass is 9.65. The fraction of sp³-hybridized carbons (Fsp3) is 0.333. The first-order valence-electron chi connectivity index (χ1n) is 14.6. The molecule has 2 atom stereocenters. The maximum atomic E-state index is 15.1. The predicted molar refractivity (Wildman–Crippen MR) is 173 cm³/mol. The van der Waals surface area contributed by atoms with Gasteiger partial charge in [0.05, 0.1) is 44.3 Å². The van der Waals surface area contributed by atoms with E-state index in [2.05, 4.69) is 0 Å². The van der Waals surface area contributed by atoms with Gasteiger partial charge in [0.25, 0.3) is 5.69 Å². The second-order valence-electron chi connectivity index (χ2n) is 11.3. The number of benzene rings is 3. The lowest BCUT2D eigenvalue weighted by molar-refractivity contribution is -0.384. The van der Waals surface area contributed by atoms with Crippen LogP contribution in [0, 0.1) is 23.0 Å². The lowest BCUT2D eigenvalue weighted by Gasteiger charge is -2.52. The average Bonchev–Trinajstić information content (AvgIpc) is 3.10. The van der Waals surface area contributed by atoms with E-state index in [9.17, 15) is 29.3 Å². The topological polar surface area (TPSA) is 189 Å². The summed E-state index contributed by atoms with van der Waals surface area (Å²) >= 11 is 0. The van der Waals surface area contributed by atoms with Crippen LogP contribution in [-0.4, -0.2) is 89.6 Å². The first-order chi connectivity index (χ1) is 23.1. The molecule has 0 aromatic heterocycles. The van der Waals surface area contributed by atoms with E-state index in [0.717, 1.165) is 40.6 Å². The fourth-order valence-electron chi connectivity index (χ4n) is 6.17. The van der Waals surface area contributed by atoms with Gasteiger partial charge in [-0.05, 0) is 47.9 Å². The molecule has 1 aliphatic heterocycles. The van der Waals surface area contributed by atoms with E-state index in [1.165, 1.54) is 48.5 Å². The molecule has 260 valence electrons. The van der Waals surface area contributed by atoms with Crippen LogP contribution in [0.25, 0.3) is 0 Å². The molecule has 4 rings (SSSR count). The minimum absolute atomic E-state index is 0.00140. The summed E-state index contributed by atoms with van der Waals surface area (Å²) in [5.74, 6) is -9.63. The summed E-state index contributed by atoms with van der Waals surface area (Å²) in [5.41, 5.74) is -2.10. The third-order valence-corrected chi connectivity index (χ3v) is 10.4. The molecule has 0 spiro atoms. The number of non-ortho nitro benzene ring substituents is 1. The van der Waals surface area contributed by atoms with Crippen LogP contribution in [0.1, 0.15) is 34.2 Å². The molecule has 0 saturated heterocycles. The highest BCUT2D eigenvalue weighted by Crippen LogP contribution is 2.56. The summed E-state index contributed by atoms with van der Waals surface area (Å²) < 4.78 is 51.1. The number of sulfonamides is 1. The van der Waals surface area contributed by atoms with Crippen molar-refractivity contribution in [2.24, 2.45) is 5.92 Å². The van der Waals surface area contributed by atoms with E-state index in [1.807, 2.05) is 0 Å². The van der Waals surface area contributed by atoms with Gasteiger partial charge in [-0.1, -0.05) is 35.9 Å². The van der Waals surface area contributed by atoms with Gasteiger partial charge in [-0.3, -0.25) is 19.7 Å². The zero-order valence-electron chi connectivity index (χ0n) is 27.7. The maximum Gasteiger partial charge on any atom is 0.339 e. The Hall–Kier alpha value is -5.35. The van der Waals surface area contributed by atoms with Crippen LogP contribution in [0.5, 0.6) is 0 Å². The first-order valence-corrected chi connectivity index (χ1v) is 16.1. The number of esters is 4. The number of nitro groups is 1. The molecule has 0 radical (unpaired) electrons. The van der Waals surface area contributed by atoms with Gasteiger partial charge in [-0.2, -0.15) is 4.31 Å². The Morgan fingerprint density at radius 2 is 1.35 bits per heavy atom. The van der Waals surface area contributed by atoms with Crippen molar-refractivity contribution in [3.63, 3.8) is 0 Å². The van der Waals surface area contributed by atoms with E-state index in [-0.39, 0.29) is 27.3 Å². The monoisotopic (exact) mass is 697 g/mol. The van der Waals surface area contributed by atoms with E-state index < -0.39 is 62.2 Å². The van der Waals surface area contributed by atoms with Crippen molar-refractivity contribution in [2.75, 3.05) is 47.4 Å². The molecule has 0 amide bonds. The van der Waals surface area contributed by atoms with Gasteiger partial charge in [-0.25, -0.2) is 18.0 Å². The number of anilines is 1. The number of fused-ring (bicyclic) bond motifs is 1. The molecule has 49 heavy (non-hydrogen) atoms. The van der Waals surface area contributed by atoms with Gasteiger partial charge in [0.2, 0.25) is 15.6 Å². The number of ether oxygens (including phenoxy) is 4. The quantitative estimate of drug-likeness (QED) is 0.0990. The number of hydrogen-bond donors (Lipinski definition) is 0. The molecule has 0 saturated carbocycles. The standard InChI is InChI=1S/C33H35N3O12S/c1-19-8-15-23(16-9-19)49(43,44)35-28(20-10-12-21(13-11-20)36(41)42)24-17-14-22(34(2)3)18-25(24)27(26(29(37)45-4)30(38)46-5)33(35,31(39)47-6)32(40)48-7/h8-18,26-28H,1-7H3/t27-,28+/m0/s1. The molecule has 0 bridgehead atoms. The Morgan fingerprint density at radius 1 is 0.816 bits per heavy atom. The molecule has 0 aliphatic carbocycles. The maximum absolute atomic E-state index is 15.1. The molecule has 3 aromatic rings. The first kappa shape index (κ1) is 36.5. The van der Waals surface area contributed by atoms with Gasteiger partial charge in [0.1, 0.15) is 0 Å². The number of aryl methyl sites for hydroxylation is 1. The van der Waals surface area contributed by atoms with Crippen molar-refractivity contribution in [1.29, 1.82) is 0 Å². The minimum atomic E-state index is -5.04. The van der Waals surface area contributed by atoms with Gasteiger partial charge < -0.3 is 23.8 Å². The highest BCUT2D eigenvalue weighted by Gasteiger charge is 2.71. The van der Waals surface area contributed by atoms with Crippen LogP contribution in [0.2, 0.25) is 0 Å². The number of nitrogens with zero attached hydrogens (tertiary/aromatic N) is 3. The highest BCUT2D eigenvalue weighted by molar-refractivity contribution is 7.89. The largest absolute Gasteiger partial charge is 0.468 e. The van der Waals surface area contributed by atoms with Crippen LogP contribution in [0.4, 0.5) is 11.4 Å². The van der Waals surface area contributed by atoms with Crippen molar-refractivity contribution in [3.8, 4) is 0 Å². The third kappa shape index (κ3) is 6.08. The average molecular weight is 698 g/mol. The molecule has 16 heteroatoms. The molecular weight excluding hydrogens is 662 g/mol. The Kier molecular flexibility index (Phi) is 10.4. The van der Waals surface area contributed by atoms with Crippen molar-refractivity contribution >= 4 is 45.3 Å². The second-order valence-corrected chi connectivity index (χ2v) is 13.1. The highest BCUT2D eigenvalue weighted by atomic mass is 32.2. The van der Waals surface area contributed by atoms with Gasteiger partial charge in [0.15, 0.2) is 5.92 Å². The SMILES string of the molecule is COC(=O)C(C(=O)OC)[C@@H]1c2cc(N(C)C)ccc2[C@@H](c2ccc([N+](=O)[O-])cc2)N(S(=O)(=O)c2ccc(C)cc2)C1(C(=O)OC)C(=O)OC. The lowest BCUT2D eigenvalue weighted by Crippen LogP contribution is -2.70. The molecular formula is C33H35N3O12S. The summed E-state index contributed by atoms with van der Waals surface area (Å²) in [7, 11) is 2.08. The third-order valence-electron chi connectivity index (χ3n) is 8.48. The van der Waals surface area contributed by atoms with E-state index in [0.29, 0.717) is 15.6 Å². The van der Waals surface area contributed by atoms with Gasteiger partial charge >= 0.3 is 23.9 Å². The zero-order chi connectivity index (χ0) is 36.4. The van der Waals surface area contributed by atoms with Crippen molar-refractivity contribution in [3.05, 3.63) is 99.1 Å². The Bertz CT molecular complexity index is 1860. The molecule has 0 N–H and O–H groups in total. The number of nitro benzene ring substituents is 1. The normalized spacial score (nSPS) is 17.0. The smallest absolute Gasteiger partial charge is 0.339 e. The second kappa shape index (κ2) is 14.0. The Morgan fingerprint density at radius 3 is 1.80 bits per heavy atom. The molecule has 0 unspecified atom stereocenters. The van der Waals surface area contributed by atoms with Crippen molar-refractivity contribution < 1.29 is 51.5 Å². The summed E-state index contributed by atoms with van der Waals surface area (Å²) in [4.78, 5) is 68.4. The number of hydrogen-bond acceptors (Lipinski definition) is 13. The zero-order valence-corrected chi connectivity index (χ0v) is 28.5. The number of carbonyl (C=O) groups is 4. The minimum Gasteiger partial charge on any atom is -0.468 e. The predicted octanol–water partition coefficient (Wildman–Crippen LogP) is 2.89.